The molecule has 0 aliphatic carbocycles. The number of hydrogen-bond donors (Lipinski definition) is 4. The average Bonchev–Trinajstić information content (AvgIpc) is 3.30. The highest BCUT2D eigenvalue weighted by Crippen LogP contribution is 2.33. The van der Waals surface area contributed by atoms with Crippen LogP contribution in [0.25, 0.3) is 11.6 Å². The Kier molecular flexibility index (Phi) is 3.85. The predicted molar refractivity (Wildman–Crippen MR) is 92.4 cm³/mol. The number of aromatic nitrogens is 1. The first kappa shape index (κ1) is 15.6. The maximum absolute atomic E-state index is 13.5. The third-order valence-corrected chi connectivity index (χ3v) is 4.41. The lowest BCUT2D eigenvalue weighted by Crippen LogP contribution is -2.36. The Morgan fingerprint density at radius 1 is 1.28 bits per heavy atom. The summed E-state index contributed by atoms with van der Waals surface area (Å²) in [5.74, 6) is -0.878. The van der Waals surface area contributed by atoms with Gasteiger partial charge in [-0.25, -0.2) is 4.39 Å². The van der Waals surface area contributed by atoms with Gasteiger partial charge in [0, 0.05) is 29.5 Å². The minimum atomic E-state index is -0.405. The molecule has 0 saturated carbocycles. The zero-order chi connectivity index (χ0) is 17.4. The molecule has 1 fully saturated rings. The van der Waals surface area contributed by atoms with Crippen LogP contribution in [-0.2, 0) is 4.79 Å². The molecule has 0 radical (unpaired) electrons. The zero-order valence-corrected chi connectivity index (χ0v) is 13.4. The van der Waals surface area contributed by atoms with Gasteiger partial charge in [0.1, 0.15) is 11.5 Å². The summed E-state index contributed by atoms with van der Waals surface area (Å²) in [7, 11) is 0. The SMILES string of the molecule is O=C1Nc2ccc(F)cc2/C1=C/c1ccc(C(=O)N[C@H]2CCNC2)[nH]1. The van der Waals surface area contributed by atoms with Crippen molar-refractivity contribution in [2.24, 2.45) is 0 Å². The third-order valence-electron chi connectivity index (χ3n) is 4.41. The summed E-state index contributed by atoms with van der Waals surface area (Å²) < 4.78 is 13.5. The number of hydrogen-bond acceptors (Lipinski definition) is 3. The molecule has 7 heteroatoms. The van der Waals surface area contributed by atoms with Crippen molar-refractivity contribution in [2.75, 3.05) is 18.4 Å². The van der Waals surface area contributed by atoms with Gasteiger partial charge in [0.25, 0.3) is 11.8 Å². The topological polar surface area (TPSA) is 86.0 Å². The molecule has 2 amide bonds. The molecule has 0 unspecified atom stereocenters. The molecule has 2 aliphatic rings. The minimum Gasteiger partial charge on any atom is -0.351 e. The summed E-state index contributed by atoms with van der Waals surface area (Å²) in [6, 6.07) is 7.68. The van der Waals surface area contributed by atoms with Gasteiger partial charge in [-0.2, -0.15) is 0 Å². The van der Waals surface area contributed by atoms with E-state index in [9.17, 15) is 14.0 Å². The minimum absolute atomic E-state index is 0.132. The Balaban J connectivity index is 1.56. The van der Waals surface area contributed by atoms with Crippen LogP contribution >= 0.6 is 0 Å². The van der Waals surface area contributed by atoms with Gasteiger partial charge in [0.2, 0.25) is 0 Å². The fraction of sp³-hybridized carbons (Fsp3) is 0.222. The predicted octanol–water partition coefficient (Wildman–Crippen LogP) is 1.74. The average molecular weight is 340 g/mol. The molecular weight excluding hydrogens is 323 g/mol. The Labute approximate surface area is 143 Å². The van der Waals surface area contributed by atoms with Crippen LogP contribution in [0, 0.1) is 5.82 Å². The molecule has 0 spiro atoms. The molecule has 1 atom stereocenters. The normalized spacial score (nSPS) is 20.6. The molecule has 1 aromatic carbocycles. The van der Waals surface area contributed by atoms with Crippen LogP contribution in [-0.4, -0.2) is 35.9 Å². The summed E-state index contributed by atoms with van der Waals surface area (Å²) in [4.78, 5) is 27.4. The van der Waals surface area contributed by atoms with Gasteiger partial charge in [-0.1, -0.05) is 0 Å². The van der Waals surface area contributed by atoms with Crippen molar-refractivity contribution < 1.29 is 14.0 Å². The summed E-state index contributed by atoms with van der Waals surface area (Å²) in [6.45, 7) is 1.67. The Hall–Kier alpha value is -2.93. The molecule has 2 aliphatic heterocycles. The molecule has 3 heterocycles. The second-order valence-electron chi connectivity index (χ2n) is 6.19. The highest BCUT2D eigenvalue weighted by Gasteiger charge is 2.25. The molecule has 25 heavy (non-hydrogen) atoms. The molecule has 128 valence electrons. The Bertz CT molecular complexity index is 881. The van der Waals surface area contributed by atoms with Crippen molar-refractivity contribution in [3.63, 3.8) is 0 Å². The summed E-state index contributed by atoms with van der Waals surface area (Å²) in [6.07, 6.45) is 2.53. The van der Waals surface area contributed by atoms with E-state index >= 15 is 0 Å². The van der Waals surface area contributed by atoms with E-state index in [0.717, 1.165) is 19.5 Å². The number of halogens is 1. The number of amides is 2. The number of carbonyl (C=O) groups excluding carboxylic acids is 2. The van der Waals surface area contributed by atoms with Crippen LogP contribution in [0.3, 0.4) is 0 Å². The molecular formula is C18H17FN4O2. The lowest BCUT2D eigenvalue weighted by Gasteiger charge is -2.09. The van der Waals surface area contributed by atoms with Crippen LogP contribution in [0.15, 0.2) is 30.3 Å². The quantitative estimate of drug-likeness (QED) is 0.642. The van der Waals surface area contributed by atoms with Gasteiger partial charge in [0.05, 0.1) is 5.57 Å². The molecule has 1 aromatic heterocycles. The summed E-state index contributed by atoms with van der Waals surface area (Å²) >= 11 is 0. The number of aromatic amines is 1. The number of rotatable bonds is 3. The highest BCUT2D eigenvalue weighted by atomic mass is 19.1. The van der Waals surface area contributed by atoms with Crippen LogP contribution in [0.2, 0.25) is 0 Å². The lowest BCUT2D eigenvalue weighted by molar-refractivity contribution is -0.110. The van der Waals surface area contributed by atoms with Crippen LogP contribution in [0.1, 0.15) is 28.2 Å². The molecule has 4 N–H and O–H groups in total. The largest absolute Gasteiger partial charge is 0.351 e. The standard InChI is InChI=1S/C18H17FN4O2/c19-10-1-3-15-13(7-10)14(17(24)23-15)8-11-2-4-16(21-11)18(25)22-12-5-6-20-9-12/h1-4,7-8,12,20-21H,5-6,9H2,(H,22,25)(H,23,24)/b14-8-/t12-/m0/s1. The number of H-pyrrole nitrogens is 1. The first-order chi connectivity index (χ1) is 12.1. The number of nitrogens with one attached hydrogen (secondary N) is 4. The van der Waals surface area contributed by atoms with Gasteiger partial charge < -0.3 is 20.9 Å². The van der Waals surface area contributed by atoms with E-state index in [4.69, 9.17) is 0 Å². The molecule has 4 rings (SSSR count). The van der Waals surface area contributed by atoms with Gasteiger partial charge in [-0.15, -0.1) is 0 Å². The van der Waals surface area contributed by atoms with Gasteiger partial charge in [-0.05, 0) is 49.4 Å². The van der Waals surface area contributed by atoms with Crippen molar-refractivity contribution in [2.45, 2.75) is 12.5 Å². The summed E-state index contributed by atoms with van der Waals surface area (Å²) in [5, 5.41) is 8.84. The van der Waals surface area contributed by atoms with E-state index in [-0.39, 0.29) is 17.9 Å². The molecule has 2 aromatic rings. The van der Waals surface area contributed by atoms with Gasteiger partial charge >= 0.3 is 0 Å². The fourth-order valence-corrected chi connectivity index (χ4v) is 3.13. The Morgan fingerprint density at radius 3 is 2.96 bits per heavy atom. The second-order valence-corrected chi connectivity index (χ2v) is 6.19. The van der Waals surface area contributed by atoms with Crippen LogP contribution < -0.4 is 16.0 Å². The van der Waals surface area contributed by atoms with Crippen molar-refractivity contribution in [3.8, 4) is 0 Å². The smallest absolute Gasteiger partial charge is 0.267 e. The zero-order valence-electron chi connectivity index (χ0n) is 13.4. The number of fused-ring (bicyclic) bond motifs is 1. The molecule has 6 nitrogen and oxygen atoms in total. The van der Waals surface area contributed by atoms with E-state index in [1.54, 1.807) is 18.2 Å². The van der Waals surface area contributed by atoms with E-state index in [1.807, 2.05) is 0 Å². The van der Waals surface area contributed by atoms with Crippen molar-refractivity contribution in [3.05, 3.63) is 53.1 Å². The van der Waals surface area contributed by atoms with E-state index in [1.165, 1.54) is 18.2 Å². The third kappa shape index (κ3) is 3.06. The monoisotopic (exact) mass is 340 g/mol. The maximum atomic E-state index is 13.5. The lowest BCUT2D eigenvalue weighted by atomic mass is 10.1. The number of benzene rings is 1. The van der Waals surface area contributed by atoms with E-state index < -0.39 is 5.82 Å². The van der Waals surface area contributed by atoms with Crippen LogP contribution in [0.5, 0.6) is 0 Å². The second kappa shape index (κ2) is 6.18. The molecule has 1 saturated heterocycles. The van der Waals surface area contributed by atoms with Crippen LogP contribution in [0.4, 0.5) is 10.1 Å². The first-order valence-corrected chi connectivity index (χ1v) is 8.14. The number of carbonyl (C=O) groups is 2. The molecule has 0 bridgehead atoms. The van der Waals surface area contributed by atoms with Crippen molar-refractivity contribution >= 4 is 29.2 Å². The first-order valence-electron chi connectivity index (χ1n) is 8.14. The van der Waals surface area contributed by atoms with E-state index in [0.29, 0.717) is 28.2 Å². The van der Waals surface area contributed by atoms with Crippen molar-refractivity contribution in [1.29, 1.82) is 0 Å². The van der Waals surface area contributed by atoms with Crippen molar-refractivity contribution in [1.82, 2.24) is 15.6 Å². The fourth-order valence-electron chi connectivity index (χ4n) is 3.13. The van der Waals surface area contributed by atoms with Gasteiger partial charge in [0.15, 0.2) is 0 Å². The number of anilines is 1. The maximum Gasteiger partial charge on any atom is 0.267 e. The summed E-state index contributed by atoms with van der Waals surface area (Å²) in [5.41, 5.74) is 2.50. The van der Waals surface area contributed by atoms with E-state index in [2.05, 4.69) is 20.9 Å². The van der Waals surface area contributed by atoms with Gasteiger partial charge in [-0.3, -0.25) is 9.59 Å². The highest BCUT2D eigenvalue weighted by molar-refractivity contribution is 6.34. The Morgan fingerprint density at radius 2 is 2.16 bits per heavy atom.